The minimum Gasteiger partial charge on any atom is -0.462 e. The van der Waals surface area contributed by atoms with E-state index in [-0.39, 0.29) is 21.2 Å². The Morgan fingerprint density at radius 2 is 2.16 bits per heavy atom. The maximum absolute atomic E-state index is 12.1. The van der Waals surface area contributed by atoms with Gasteiger partial charge in [-0.1, -0.05) is 15.9 Å². The summed E-state index contributed by atoms with van der Waals surface area (Å²) < 4.78 is 45.0. The Kier molecular flexibility index (Phi) is 5.83. The zero-order valence-electron chi connectivity index (χ0n) is 9.55. The molecule has 0 saturated carbocycles. The van der Waals surface area contributed by atoms with Gasteiger partial charge < -0.3 is 9.47 Å². The van der Waals surface area contributed by atoms with Crippen molar-refractivity contribution in [1.82, 2.24) is 4.98 Å². The predicted molar refractivity (Wildman–Crippen MR) is 72.2 cm³/mol. The van der Waals surface area contributed by atoms with Gasteiger partial charge in [0.1, 0.15) is 3.70 Å². The van der Waals surface area contributed by atoms with E-state index in [0.717, 1.165) is 6.07 Å². The van der Waals surface area contributed by atoms with E-state index >= 15 is 0 Å². The smallest absolute Gasteiger partial charge is 0.462 e. The molecule has 0 bridgehead atoms. The summed E-state index contributed by atoms with van der Waals surface area (Å²) >= 11 is 4.76. The van der Waals surface area contributed by atoms with Crippen molar-refractivity contribution in [2.24, 2.45) is 0 Å². The van der Waals surface area contributed by atoms with E-state index in [0.29, 0.717) is 5.56 Å². The second-order valence-electron chi connectivity index (χ2n) is 3.19. The third-order valence-corrected chi connectivity index (χ3v) is 3.26. The highest BCUT2D eigenvalue weighted by Gasteiger charge is 2.32. The molecule has 1 aromatic heterocycles. The number of ether oxygens (including phenoxy) is 2. The summed E-state index contributed by atoms with van der Waals surface area (Å²) in [6, 6.07) is 1.05. The molecule has 0 N–H and O–H groups in total. The molecular formula is C10H8BrF3INO3. The van der Waals surface area contributed by atoms with Crippen molar-refractivity contribution in [3.05, 3.63) is 20.9 Å². The van der Waals surface area contributed by atoms with Crippen LogP contribution in [0.25, 0.3) is 0 Å². The summed E-state index contributed by atoms with van der Waals surface area (Å²) in [4.78, 5) is 15.3. The van der Waals surface area contributed by atoms with Gasteiger partial charge in [-0.15, -0.1) is 13.2 Å². The molecule has 0 unspecified atom stereocenters. The highest BCUT2D eigenvalue weighted by atomic mass is 127. The second-order valence-corrected chi connectivity index (χ2v) is 4.77. The van der Waals surface area contributed by atoms with Crippen molar-refractivity contribution in [3.63, 3.8) is 0 Å². The molecule has 4 nitrogen and oxygen atoms in total. The maximum Gasteiger partial charge on any atom is 0.574 e. The molecule has 0 aliphatic rings. The molecule has 1 rings (SSSR count). The number of nitrogens with zero attached hydrogens (tertiary/aromatic N) is 1. The van der Waals surface area contributed by atoms with Crippen LogP contribution in [-0.2, 0) is 10.1 Å². The molecule has 0 aromatic carbocycles. The van der Waals surface area contributed by atoms with E-state index in [4.69, 9.17) is 4.74 Å². The minimum absolute atomic E-state index is 0.0900. The Bertz CT molecular complexity index is 482. The van der Waals surface area contributed by atoms with Gasteiger partial charge in [-0.2, -0.15) is 0 Å². The fourth-order valence-electron chi connectivity index (χ4n) is 1.23. The molecule has 0 fully saturated rings. The van der Waals surface area contributed by atoms with Crippen LogP contribution in [0.3, 0.4) is 0 Å². The average Bonchev–Trinajstić information content (AvgIpc) is 2.25. The van der Waals surface area contributed by atoms with Gasteiger partial charge in [-0.3, -0.25) is 0 Å². The lowest BCUT2D eigenvalue weighted by Gasteiger charge is -2.12. The molecule has 1 aromatic rings. The van der Waals surface area contributed by atoms with E-state index in [1.54, 1.807) is 29.5 Å². The predicted octanol–water partition coefficient (Wildman–Crippen LogP) is 3.66. The summed E-state index contributed by atoms with van der Waals surface area (Å²) in [5.74, 6) is -1.24. The van der Waals surface area contributed by atoms with Crippen molar-refractivity contribution in [1.29, 1.82) is 0 Å². The summed E-state index contributed by atoms with van der Waals surface area (Å²) in [6.45, 7) is 1.80. The van der Waals surface area contributed by atoms with Crippen molar-refractivity contribution in [2.45, 2.75) is 18.6 Å². The lowest BCUT2D eigenvalue weighted by atomic mass is 10.1. The van der Waals surface area contributed by atoms with Gasteiger partial charge in [-0.05, 0) is 35.1 Å². The number of esters is 1. The first kappa shape index (κ1) is 16.5. The molecule has 9 heteroatoms. The third-order valence-electron chi connectivity index (χ3n) is 1.88. The topological polar surface area (TPSA) is 48.4 Å². The quantitative estimate of drug-likeness (QED) is 0.302. The van der Waals surface area contributed by atoms with Crippen molar-refractivity contribution < 1.29 is 27.4 Å². The molecule has 0 spiro atoms. The van der Waals surface area contributed by atoms with Gasteiger partial charge in [0.25, 0.3) is 0 Å². The van der Waals surface area contributed by atoms with Crippen LogP contribution in [0, 0.1) is 3.70 Å². The lowest BCUT2D eigenvalue weighted by Crippen LogP contribution is -2.19. The van der Waals surface area contributed by atoms with Crippen LogP contribution in [0.4, 0.5) is 13.2 Å². The number of halogens is 5. The zero-order chi connectivity index (χ0) is 14.6. The first-order chi connectivity index (χ1) is 8.78. The SMILES string of the molecule is CCOC(=O)c1c(CBr)cc(OC(F)(F)F)nc1I. The summed E-state index contributed by atoms with van der Waals surface area (Å²) in [5, 5.41) is 0.174. The first-order valence-corrected chi connectivity index (χ1v) is 7.16. The lowest BCUT2D eigenvalue weighted by molar-refractivity contribution is -0.276. The minimum atomic E-state index is -4.83. The first-order valence-electron chi connectivity index (χ1n) is 4.96. The molecule has 0 atom stereocenters. The fourth-order valence-corrected chi connectivity index (χ4v) is 2.48. The van der Waals surface area contributed by atoms with Gasteiger partial charge in [0.2, 0.25) is 5.88 Å². The van der Waals surface area contributed by atoms with Gasteiger partial charge in [0, 0.05) is 11.4 Å². The van der Waals surface area contributed by atoms with E-state index < -0.39 is 18.2 Å². The monoisotopic (exact) mass is 453 g/mol. The summed E-state index contributed by atoms with van der Waals surface area (Å²) in [6.07, 6.45) is -4.83. The Balaban J connectivity index is 3.18. The van der Waals surface area contributed by atoms with Crippen LogP contribution in [0.5, 0.6) is 5.88 Å². The number of carbonyl (C=O) groups excluding carboxylic acids is 1. The number of carbonyl (C=O) groups is 1. The molecule has 0 aliphatic carbocycles. The average molecular weight is 454 g/mol. The van der Waals surface area contributed by atoms with Gasteiger partial charge >= 0.3 is 12.3 Å². The fraction of sp³-hybridized carbons (Fsp3) is 0.400. The molecule has 1 heterocycles. The van der Waals surface area contributed by atoms with Crippen LogP contribution < -0.4 is 4.74 Å². The van der Waals surface area contributed by atoms with Crippen LogP contribution in [0.15, 0.2) is 6.07 Å². The van der Waals surface area contributed by atoms with Crippen LogP contribution >= 0.6 is 38.5 Å². The van der Waals surface area contributed by atoms with E-state index in [2.05, 4.69) is 25.7 Å². The van der Waals surface area contributed by atoms with Crippen molar-refractivity contribution >= 4 is 44.5 Å². The van der Waals surface area contributed by atoms with Crippen molar-refractivity contribution in [2.75, 3.05) is 6.61 Å². The molecule has 0 radical (unpaired) electrons. The van der Waals surface area contributed by atoms with Gasteiger partial charge in [0.05, 0.1) is 12.2 Å². The summed E-state index contributed by atoms with van der Waals surface area (Å²) in [5.41, 5.74) is 0.450. The molecule has 0 amide bonds. The van der Waals surface area contributed by atoms with Crippen LogP contribution in [0.1, 0.15) is 22.8 Å². The largest absolute Gasteiger partial charge is 0.574 e. The van der Waals surface area contributed by atoms with E-state index in [9.17, 15) is 18.0 Å². The normalized spacial score (nSPS) is 11.3. The number of hydrogen-bond donors (Lipinski definition) is 0. The maximum atomic E-state index is 12.1. The molecule has 106 valence electrons. The van der Waals surface area contributed by atoms with E-state index in [1.165, 1.54) is 0 Å². The Morgan fingerprint density at radius 1 is 1.53 bits per heavy atom. The number of aromatic nitrogens is 1. The third kappa shape index (κ3) is 4.79. The molecule has 0 saturated heterocycles. The molecular weight excluding hydrogens is 446 g/mol. The number of alkyl halides is 4. The van der Waals surface area contributed by atoms with Gasteiger partial charge in [-0.25, -0.2) is 9.78 Å². The number of rotatable bonds is 4. The highest BCUT2D eigenvalue weighted by molar-refractivity contribution is 14.1. The van der Waals surface area contributed by atoms with Gasteiger partial charge in [0.15, 0.2) is 0 Å². The molecule has 0 aliphatic heterocycles. The van der Waals surface area contributed by atoms with E-state index in [1.807, 2.05) is 0 Å². The Morgan fingerprint density at radius 3 is 2.63 bits per heavy atom. The van der Waals surface area contributed by atoms with Crippen LogP contribution in [-0.4, -0.2) is 23.9 Å². The Labute approximate surface area is 128 Å². The van der Waals surface area contributed by atoms with Crippen LogP contribution in [0.2, 0.25) is 0 Å². The summed E-state index contributed by atoms with van der Waals surface area (Å²) in [7, 11) is 0. The highest BCUT2D eigenvalue weighted by Crippen LogP contribution is 2.27. The standard InChI is InChI=1S/C10H8BrF3INO3/c1-2-18-9(17)7-5(4-11)3-6(16-8(7)15)19-10(12,13)14/h3H,2,4H2,1H3. The number of hydrogen-bond acceptors (Lipinski definition) is 4. The number of pyridine rings is 1. The Hall–Kier alpha value is -0.580. The second kappa shape index (κ2) is 6.73. The molecule has 19 heavy (non-hydrogen) atoms. The van der Waals surface area contributed by atoms with Crippen molar-refractivity contribution in [3.8, 4) is 5.88 Å². The zero-order valence-corrected chi connectivity index (χ0v) is 13.3.